The highest BCUT2D eigenvalue weighted by molar-refractivity contribution is 5.82. The van der Waals surface area contributed by atoms with Crippen molar-refractivity contribution in [2.75, 3.05) is 33.4 Å². The van der Waals surface area contributed by atoms with E-state index in [4.69, 9.17) is 4.74 Å². The van der Waals surface area contributed by atoms with Gasteiger partial charge in [-0.05, 0) is 61.5 Å². The second kappa shape index (κ2) is 11.3. The second-order valence-electron chi connectivity index (χ2n) is 9.50. The van der Waals surface area contributed by atoms with Gasteiger partial charge in [0.1, 0.15) is 5.75 Å². The first kappa shape index (κ1) is 26.0. The van der Waals surface area contributed by atoms with E-state index >= 15 is 0 Å². The van der Waals surface area contributed by atoms with Gasteiger partial charge in [0, 0.05) is 25.0 Å². The first-order chi connectivity index (χ1) is 17.2. The van der Waals surface area contributed by atoms with Crippen LogP contribution in [0.25, 0.3) is 0 Å². The normalized spacial score (nSPS) is 20.6. The van der Waals surface area contributed by atoms with Crippen LogP contribution >= 0.6 is 0 Å². The fourth-order valence-corrected chi connectivity index (χ4v) is 4.87. The largest absolute Gasteiger partial charge is 0.482 e. The summed E-state index contributed by atoms with van der Waals surface area (Å²) in [6.07, 6.45) is -2.81. The molecule has 1 heterocycles. The molecule has 1 aliphatic heterocycles. The maximum atomic E-state index is 13.4. The topological polar surface area (TPSA) is 59.1 Å². The molecule has 9 heteroatoms. The Bertz CT molecular complexity index is 1020. The second-order valence-corrected chi connectivity index (χ2v) is 9.50. The number of hydrogen-bond donors (Lipinski definition) is 0. The summed E-state index contributed by atoms with van der Waals surface area (Å²) in [5.41, 5.74) is 2.07. The molecule has 6 nitrogen and oxygen atoms in total. The standard InChI is InChI=1S/C27H31F3N2O4/c1-35-25(33)18-36-22-9-7-19(8-10-22)16-31-13-11-20(12-14-31)17-32(26(34)27(28,29)30)24-15-23(24)21-5-3-2-4-6-21/h2-10,20,23-24H,11-18H2,1H3. The Hall–Kier alpha value is -3.07. The van der Waals surface area contributed by atoms with E-state index in [0.29, 0.717) is 18.7 Å². The summed E-state index contributed by atoms with van der Waals surface area (Å²) in [5.74, 6) is -1.58. The maximum absolute atomic E-state index is 13.4. The van der Waals surface area contributed by atoms with Crippen LogP contribution in [0, 0.1) is 5.92 Å². The number of benzene rings is 2. The van der Waals surface area contributed by atoms with Crippen molar-refractivity contribution in [1.29, 1.82) is 0 Å². The van der Waals surface area contributed by atoms with Crippen LogP contribution in [-0.2, 0) is 20.9 Å². The highest BCUT2D eigenvalue weighted by Gasteiger charge is 2.52. The number of halogens is 3. The van der Waals surface area contributed by atoms with E-state index in [1.165, 1.54) is 7.11 Å². The summed E-state index contributed by atoms with van der Waals surface area (Å²) in [6.45, 7) is 2.22. The minimum Gasteiger partial charge on any atom is -0.482 e. The van der Waals surface area contributed by atoms with E-state index in [-0.39, 0.29) is 31.0 Å². The third-order valence-electron chi connectivity index (χ3n) is 6.96. The zero-order chi connectivity index (χ0) is 25.7. The molecule has 194 valence electrons. The number of methoxy groups -OCH3 is 1. The van der Waals surface area contributed by atoms with Gasteiger partial charge < -0.3 is 14.4 Å². The first-order valence-electron chi connectivity index (χ1n) is 12.2. The molecule has 0 aromatic heterocycles. The van der Waals surface area contributed by atoms with Crippen molar-refractivity contribution in [3.8, 4) is 5.75 Å². The predicted octanol–water partition coefficient (Wildman–Crippen LogP) is 4.40. The minimum absolute atomic E-state index is 0.0304. The number of rotatable bonds is 9. The molecule has 4 rings (SSSR count). The molecule has 2 aromatic carbocycles. The van der Waals surface area contributed by atoms with Crippen molar-refractivity contribution in [3.05, 3.63) is 65.7 Å². The van der Waals surface area contributed by atoms with Crippen LogP contribution in [-0.4, -0.2) is 67.2 Å². The molecular formula is C27H31F3N2O4. The molecule has 1 saturated carbocycles. The Labute approximate surface area is 209 Å². The van der Waals surface area contributed by atoms with Gasteiger partial charge in [-0.25, -0.2) is 4.79 Å². The van der Waals surface area contributed by atoms with Crippen molar-refractivity contribution in [3.63, 3.8) is 0 Å². The van der Waals surface area contributed by atoms with Crippen molar-refractivity contribution < 1.29 is 32.2 Å². The average molecular weight is 505 g/mol. The summed E-state index contributed by atoms with van der Waals surface area (Å²) in [4.78, 5) is 26.8. The van der Waals surface area contributed by atoms with E-state index in [2.05, 4.69) is 9.64 Å². The van der Waals surface area contributed by atoms with Gasteiger partial charge in [0.2, 0.25) is 0 Å². The number of nitrogens with zero attached hydrogens (tertiary/aromatic N) is 2. The Morgan fingerprint density at radius 1 is 1.03 bits per heavy atom. The SMILES string of the molecule is COC(=O)COc1ccc(CN2CCC(CN(C(=O)C(F)(F)F)C3CC3c3ccccc3)CC2)cc1. The molecule has 1 amide bonds. The lowest BCUT2D eigenvalue weighted by molar-refractivity contribution is -0.187. The van der Waals surface area contributed by atoms with Crippen LogP contribution in [0.2, 0.25) is 0 Å². The molecule has 2 aromatic rings. The van der Waals surface area contributed by atoms with E-state index in [9.17, 15) is 22.8 Å². The van der Waals surface area contributed by atoms with Gasteiger partial charge in [-0.3, -0.25) is 9.69 Å². The van der Waals surface area contributed by atoms with Crippen molar-refractivity contribution in [2.24, 2.45) is 5.92 Å². The van der Waals surface area contributed by atoms with Gasteiger partial charge in [-0.15, -0.1) is 0 Å². The smallest absolute Gasteiger partial charge is 0.471 e. The van der Waals surface area contributed by atoms with Gasteiger partial charge in [-0.1, -0.05) is 42.5 Å². The van der Waals surface area contributed by atoms with Crippen molar-refractivity contribution in [2.45, 2.75) is 43.9 Å². The quantitative estimate of drug-likeness (QED) is 0.474. The van der Waals surface area contributed by atoms with Crippen LogP contribution in [0.15, 0.2) is 54.6 Å². The lowest BCUT2D eigenvalue weighted by Crippen LogP contribution is -2.47. The van der Waals surface area contributed by atoms with Gasteiger partial charge in [0.05, 0.1) is 7.11 Å². The fraction of sp³-hybridized carbons (Fsp3) is 0.481. The first-order valence-corrected chi connectivity index (χ1v) is 12.2. The summed E-state index contributed by atoms with van der Waals surface area (Å²) >= 11 is 0. The number of amides is 1. The highest BCUT2D eigenvalue weighted by atomic mass is 19.4. The van der Waals surface area contributed by atoms with Crippen LogP contribution < -0.4 is 4.74 Å². The number of ether oxygens (including phenoxy) is 2. The molecule has 0 radical (unpaired) electrons. The third-order valence-corrected chi connectivity index (χ3v) is 6.96. The number of esters is 1. The number of alkyl halides is 3. The molecule has 0 bridgehead atoms. The predicted molar refractivity (Wildman–Crippen MR) is 127 cm³/mol. The summed E-state index contributed by atoms with van der Waals surface area (Å²) in [6, 6.07) is 16.5. The lowest BCUT2D eigenvalue weighted by Gasteiger charge is -2.35. The number of likely N-dealkylation sites (tertiary alicyclic amines) is 1. The van der Waals surface area contributed by atoms with Crippen LogP contribution in [0.1, 0.15) is 36.3 Å². The fourth-order valence-electron chi connectivity index (χ4n) is 4.87. The van der Waals surface area contributed by atoms with Gasteiger partial charge in [-0.2, -0.15) is 13.2 Å². The molecule has 1 aliphatic carbocycles. The van der Waals surface area contributed by atoms with E-state index in [1.807, 2.05) is 42.5 Å². The third kappa shape index (κ3) is 6.78. The molecule has 0 N–H and O–H groups in total. The maximum Gasteiger partial charge on any atom is 0.471 e. The molecule has 1 saturated heterocycles. The molecule has 36 heavy (non-hydrogen) atoms. The van der Waals surface area contributed by atoms with Crippen LogP contribution in [0.5, 0.6) is 5.75 Å². The number of carbonyl (C=O) groups excluding carboxylic acids is 2. The van der Waals surface area contributed by atoms with Crippen molar-refractivity contribution >= 4 is 11.9 Å². The molecule has 0 spiro atoms. The zero-order valence-electron chi connectivity index (χ0n) is 20.2. The molecule has 2 aliphatic rings. The van der Waals surface area contributed by atoms with Crippen molar-refractivity contribution in [1.82, 2.24) is 9.80 Å². The lowest BCUT2D eigenvalue weighted by atomic mass is 9.95. The van der Waals surface area contributed by atoms with Crippen LogP contribution in [0.4, 0.5) is 13.2 Å². The van der Waals surface area contributed by atoms with Gasteiger partial charge in [0.25, 0.3) is 0 Å². The number of hydrogen-bond acceptors (Lipinski definition) is 5. The minimum atomic E-state index is -4.86. The monoisotopic (exact) mass is 504 g/mol. The summed E-state index contributed by atoms with van der Waals surface area (Å²) in [5, 5.41) is 0. The summed E-state index contributed by atoms with van der Waals surface area (Å²) in [7, 11) is 1.30. The Balaban J connectivity index is 1.29. The van der Waals surface area contributed by atoms with E-state index < -0.39 is 18.1 Å². The Morgan fingerprint density at radius 2 is 1.69 bits per heavy atom. The zero-order valence-corrected chi connectivity index (χ0v) is 20.2. The van der Waals surface area contributed by atoms with E-state index in [0.717, 1.165) is 42.0 Å². The van der Waals surface area contributed by atoms with E-state index in [1.54, 1.807) is 12.1 Å². The van der Waals surface area contributed by atoms with Gasteiger partial charge >= 0.3 is 18.1 Å². The molecule has 2 atom stereocenters. The Kier molecular flexibility index (Phi) is 8.18. The molecule has 2 unspecified atom stereocenters. The van der Waals surface area contributed by atoms with Gasteiger partial charge in [0.15, 0.2) is 6.61 Å². The van der Waals surface area contributed by atoms with Crippen LogP contribution in [0.3, 0.4) is 0 Å². The Morgan fingerprint density at radius 3 is 2.31 bits per heavy atom. The highest BCUT2D eigenvalue weighted by Crippen LogP contribution is 2.46. The molecule has 2 fully saturated rings. The molecular weight excluding hydrogens is 473 g/mol. The number of piperidine rings is 1. The summed E-state index contributed by atoms with van der Waals surface area (Å²) < 4.78 is 50.0. The number of carbonyl (C=O) groups is 2. The average Bonchev–Trinajstić information content (AvgIpc) is 3.68.